The van der Waals surface area contributed by atoms with Crippen LogP contribution in [0.2, 0.25) is 5.15 Å². The van der Waals surface area contributed by atoms with E-state index >= 15 is 0 Å². The Hall–Kier alpha value is -1.21. The summed E-state index contributed by atoms with van der Waals surface area (Å²) < 4.78 is 20.5. The van der Waals surface area contributed by atoms with Crippen LogP contribution < -0.4 is 0 Å². The second-order valence-corrected chi connectivity index (χ2v) is 9.21. The van der Waals surface area contributed by atoms with Crippen molar-refractivity contribution in [3.63, 3.8) is 0 Å². The van der Waals surface area contributed by atoms with E-state index in [1.54, 1.807) is 0 Å². The van der Waals surface area contributed by atoms with Crippen LogP contribution in [-0.4, -0.2) is 38.9 Å². The molecule has 0 aromatic carbocycles. The molecule has 2 aromatic rings. The van der Waals surface area contributed by atoms with E-state index in [-0.39, 0.29) is 24.5 Å². The molecule has 4 heterocycles. The molecule has 7 heteroatoms. The van der Waals surface area contributed by atoms with Crippen LogP contribution in [0.15, 0.2) is 12.3 Å². The van der Waals surface area contributed by atoms with Crippen molar-refractivity contribution < 1.29 is 14.2 Å². The number of nitrogens with zero attached hydrogens (tertiary/aromatic N) is 3. The Morgan fingerprint density at radius 3 is 2.71 bits per heavy atom. The molecule has 6 nitrogen and oxygen atoms in total. The van der Waals surface area contributed by atoms with E-state index < -0.39 is 5.79 Å². The number of hydrogen-bond acceptors (Lipinski definition) is 5. The van der Waals surface area contributed by atoms with Crippen LogP contribution in [0.25, 0.3) is 11.0 Å². The van der Waals surface area contributed by atoms with E-state index in [1.807, 2.05) is 30.8 Å². The molecule has 0 N–H and O–H groups in total. The summed E-state index contributed by atoms with van der Waals surface area (Å²) in [5, 5.41) is 6.24. The molecule has 1 aliphatic carbocycles. The van der Waals surface area contributed by atoms with Crippen molar-refractivity contribution in [1.82, 2.24) is 14.8 Å². The number of fused-ring (bicyclic) bond motifs is 2. The minimum atomic E-state index is -0.619. The third-order valence-corrected chi connectivity index (χ3v) is 6.57. The number of ether oxygens (including phenoxy) is 3. The van der Waals surface area contributed by atoms with Crippen molar-refractivity contribution in [2.45, 2.75) is 89.6 Å². The maximum absolute atomic E-state index is 6.41. The zero-order chi connectivity index (χ0) is 19.5. The van der Waals surface area contributed by atoms with E-state index in [9.17, 15) is 0 Å². The highest BCUT2D eigenvalue weighted by Crippen LogP contribution is 2.44. The van der Waals surface area contributed by atoms with E-state index in [1.165, 1.54) is 31.2 Å². The molecule has 2 aliphatic heterocycles. The average molecular weight is 406 g/mol. The van der Waals surface area contributed by atoms with Gasteiger partial charge in [-0.15, -0.1) is 0 Å². The van der Waals surface area contributed by atoms with E-state index in [0.29, 0.717) is 5.15 Å². The van der Waals surface area contributed by atoms with Gasteiger partial charge in [0.05, 0.1) is 12.3 Å². The molecule has 2 saturated heterocycles. The van der Waals surface area contributed by atoms with Crippen molar-refractivity contribution >= 4 is 22.6 Å². The van der Waals surface area contributed by atoms with Crippen LogP contribution in [0, 0.1) is 5.92 Å². The van der Waals surface area contributed by atoms with Crippen molar-refractivity contribution in [3.8, 4) is 0 Å². The number of hydrogen-bond donors (Lipinski definition) is 0. The zero-order valence-electron chi connectivity index (χ0n) is 16.7. The first-order valence-electron chi connectivity index (χ1n) is 10.5. The van der Waals surface area contributed by atoms with Crippen LogP contribution >= 0.6 is 11.6 Å². The highest BCUT2D eigenvalue weighted by molar-refractivity contribution is 6.29. The monoisotopic (exact) mass is 405 g/mol. The maximum atomic E-state index is 6.41. The van der Waals surface area contributed by atoms with Gasteiger partial charge in [-0.2, -0.15) is 5.10 Å². The van der Waals surface area contributed by atoms with Gasteiger partial charge >= 0.3 is 0 Å². The fraction of sp³-hybridized carbons (Fsp3) is 0.714. The molecule has 5 rings (SSSR count). The predicted molar refractivity (Wildman–Crippen MR) is 106 cm³/mol. The molecule has 3 aliphatic rings. The van der Waals surface area contributed by atoms with Crippen LogP contribution in [0.3, 0.4) is 0 Å². The van der Waals surface area contributed by atoms with Gasteiger partial charge < -0.3 is 14.2 Å². The summed E-state index contributed by atoms with van der Waals surface area (Å²) in [5.74, 6) is 0.112. The van der Waals surface area contributed by atoms with Crippen LogP contribution in [0.1, 0.15) is 64.7 Å². The Kier molecular flexibility index (Phi) is 4.66. The topological polar surface area (TPSA) is 58.4 Å². The lowest BCUT2D eigenvalue weighted by Crippen LogP contribution is -2.28. The quantitative estimate of drug-likeness (QED) is 0.693. The summed E-state index contributed by atoms with van der Waals surface area (Å²) in [6, 6.07) is 2.00. The molecule has 0 radical (unpaired) electrons. The molecule has 0 amide bonds. The van der Waals surface area contributed by atoms with Gasteiger partial charge in [-0.05, 0) is 44.2 Å². The lowest BCUT2D eigenvalue weighted by atomic mass is 9.97. The summed E-state index contributed by atoms with van der Waals surface area (Å²) in [6.07, 6.45) is 8.36. The highest BCUT2D eigenvalue weighted by Gasteiger charge is 2.55. The zero-order valence-corrected chi connectivity index (χ0v) is 17.5. The number of rotatable bonds is 4. The molecular weight excluding hydrogens is 378 g/mol. The summed E-state index contributed by atoms with van der Waals surface area (Å²) >= 11 is 6.41. The van der Waals surface area contributed by atoms with Gasteiger partial charge in [0, 0.05) is 5.39 Å². The van der Waals surface area contributed by atoms with Crippen molar-refractivity contribution in [2.75, 3.05) is 0 Å². The Morgan fingerprint density at radius 1 is 1.21 bits per heavy atom. The Morgan fingerprint density at radius 2 is 1.96 bits per heavy atom. The molecule has 1 saturated carbocycles. The normalized spacial score (nSPS) is 32.4. The van der Waals surface area contributed by atoms with Crippen LogP contribution in [0.5, 0.6) is 0 Å². The van der Waals surface area contributed by atoms with Gasteiger partial charge in [-0.3, -0.25) is 0 Å². The first kappa shape index (κ1) is 18.8. The second kappa shape index (κ2) is 6.94. The van der Waals surface area contributed by atoms with Crippen molar-refractivity contribution in [2.24, 2.45) is 5.92 Å². The lowest BCUT2D eigenvalue weighted by Gasteiger charge is -2.24. The van der Waals surface area contributed by atoms with Crippen LogP contribution in [0.4, 0.5) is 0 Å². The Bertz CT molecular complexity index is 877. The highest BCUT2D eigenvalue weighted by atomic mass is 35.5. The minimum absolute atomic E-state index is 0.0202. The SMILES string of the molecule is CC[C@H]1O[C@@H](n2ncc3c(CC4CCCC4)cc(Cl)nc32)[C@@H]2OC(C)(C)O[C@@H]21. The van der Waals surface area contributed by atoms with Crippen LogP contribution in [-0.2, 0) is 20.6 Å². The first-order valence-corrected chi connectivity index (χ1v) is 10.9. The van der Waals surface area contributed by atoms with Gasteiger partial charge in [0.2, 0.25) is 0 Å². The third-order valence-electron chi connectivity index (χ3n) is 6.37. The molecule has 0 bridgehead atoms. The molecule has 0 unspecified atom stereocenters. The summed E-state index contributed by atoms with van der Waals surface area (Å²) in [4.78, 5) is 4.61. The molecule has 28 heavy (non-hydrogen) atoms. The summed E-state index contributed by atoms with van der Waals surface area (Å²) in [7, 11) is 0. The fourth-order valence-corrected chi connectivity index (χ4v) is 5.33. The minimum Gasteiger partial charge on any atom is -0.347 e. The van der Waals surface area contributed by atoms with Gasteiger partial charge in [0.15, 0.2) is 17.7 Å². The van der Waals surface area contributed by atoms with Crippen molar-refractivity contribution in [1.29, 1.82) is 0 Å². The average Bonchev–Trinajstić information content (AvgIpc) is 3.38. The fourth-order valence-electron chi connectivity index (χ4n) is 5.11. The van der Waals surface area contributed by atoms with Gasteiger partial charge in [0.1, 0.15) is 17.4 Å². The molecule has 3 fully saturated rings. The third kappa shape index (κ3) is 3.15. The Balaban J connectivity index is 1.52. The lowest BCUT2D eigenvalue weighted by molar-refractivity contribution is -0.197. The van der Waals surface area contributed by atoms with Crippen molar-refractivity contribution in [3.05, 3.63) is 23.0 Å². The van der Waals surface area contributed by atoms with Gasteiger partial charge in [0.25, 0.3) is 0 Å². The van der Waals surface area contributed by atoms with Gasteiger partial charge in [-0.25, -0.2) is 9.67 Å². The standard InChI is InChI=1S/C21H28ClN3O3/c1-4-15-17-18(28-21(2,3)27-17)20(26-15)25-19-14(11-23-25)13(10-16(22)24-19)9-12-7-5-6-8-12/h10-12,15,17-18,20H,4-9H2,1-3H3/t15-,17-,18-,20-/m1/s1. The van der Waals surface area contributed by atoms with E-state index in [4.69, 9.17) is 25.8 Å². The summed E-state index contributed by atoms with van der Waals surface area (Å²) in [5.41, 5.74) is 2.01. The van der Waals surface area contributed by atoms with Gasteiger partial charge in [-0.1, -0.05) is 44.2 Å². The van der Waals surface area contributed by atoms with E-state index in [0.717, 1.165) is 29.8 Å². The first-order chi connectivity index (χ1) is 13.4. The Labute approximate surface area is 170 Å². The number of pyridine rings is 1. The molecule has 2 aromatic heterocycles. The smallest absolute Gasteiger partial charge is 0.181 e. The maximum Gasteiger partial charge on any atom is 0.181 e. The second-order valence-electron chi connectivity index (χ2n) is 8.82. The number of halogens is 1. The molecular formula is C21H28ClN3O3. The molecule has 152 valence electrons. The summed E-state index contributed by atoms with van der Waals surface area (Å²) in [6.45, 7) is 6.01. The largest absolute Gasteiger partial charge is 0.347 e. The van der Waals surface area contributed by atoms with E-state index in [2.05, 4.69) is 17.0 Å². The predicted octanol–water partition coefficient (Wildman–Crippen LogP) is 4.64. The number of aromatic nitrogens is 3. The molecule has 0 spiro atoms. The molecule has 4 atom stereocenters.